The number of nitrogens with zero attached hydrogens (tertiary/aromatic N) is 1. The summed E-state index contributed by atoms with van der Waals surface area (Å²) in [5, 5.41) is 2.10. The SMILES string of the molecule is C#CC1(F)CC(C(=O)Nc2ccnc(C(F)(F)F)c2)=C(Cl)C=C1c1ccc(F)cc1. The lowest BCUT2D eigenvalue weighted by molar-refractivity contribution is -0.141. The van der Waals surface area contributed by atoms with Crippen molar-refractivity contribution in [3.05, 3.63) is 76.4 Å². The van der Waals surface area contributed by atoms with Crippen molar-refractivity contribution in [1.29, 1.82) is 0 Å². The van der Waals surface area contributed by atoms with E-state index in [0.717, 1.165) is 30.5 Å². The molecule has 1 aliphatic rings. The molecule has 1 heterocycles. The normalized spacial score (nSPS) is 19.2. The summed E-state index contributed by atoms with van der Waals surface area (Å²) in [6.07, 6.45) is 2.07. The maximum atomic E-state index is 15.5. The molecule has 0 bridgehead atoms. The quantitative estimate of drug-likeness (QED) is 0.508. The summed E-state index contributed by atoms with van der Waals surface area (Å²) in [6, 6.07) is 6.66. The predicted molar refractivity (Wildman–Crippen MR) is 102 cm³/mol. The van der Waals surface area contributed by atoms with E-state index in [0.29, 0.717) is 6.07 Å². The van der Waals surface area contributed by atoms with Crippen molar-refractivity contribution in [2.45, 2.75) is 18.3 Å². The number of rotatable bonds is 3. The average molecular weight is 439 g/mol. The smallest absolute Gasteiger partial charge is 0.322 e. The third-order valence-electron chi connectivity index (χ3n) is 4.37. The molecule has 1 aliphatic carbocycles. The largest absolute Gasteiger partial charge is 0.433 e. The van der Waals surface area contributed by atoms with Crippen LogP contribution >= 0.6 is 11.6 Å². The number of hydrogen-bond acceptors (Lipinski definition) is 2. The lowest BCUT2D eigenvalue weighted by Gasteiger charge is -2.28. The highest BCUT2D eigenvalue weighted by molar-refractivity contribution is 6.35. The number of allylic oxidation sites excluding steroid dienone is 3. The number of halogens is 6. The highest BCUT2D eigenvalue weighted by atomic mass is 35.5. The average Bonchev–Trinajstić information content (AvgIpc) is 2.70. The van der Waals surface area contributed by atoms with Crippen molar-refractivity contribution >= 4 is 28.8 Å². The minimum absolute atomic E-state index is 0.0326. The summed E-state index contributed by atoms with van der Waals surface area (Å²) in [7, 11) is 0. The van der Waals surface area contributed by atoms with Crippen LogP contribution < -0.4 is 5.32 Å². The van der Waals surface area contributed by atoms with Gasteiger partial charge in [-0.2, -0.15) is 13.2 Å². The number of pyridine rings is 1. The summed E-state index contributed by atoms with van der Waals surface area (Å²) < 4.78 is 67.0. The first-order chi connectivity index (χ1) is 14.0. The number of carbonyl (C=O) groups is 1. The van der Waals surface area contributed by atoms with E-state index in [4.69, 9.17) is 18.0 Å². The molecule has 154 valence electrons. The van der Waals surface area contributed by atoms with E-state index in [2.05, 4.69) is 10.3 Å². The van der Waals surface area contributed by atoms with Crippen LogP contribution in [0.1, 0.15) is 17.7 Å². The van der Waals surface area contributed by atoms with Gasteiger partial charge in [-0.3, -0.25) is 9.78 Å². The van der Waals surface area contributed by atoms with Crippen LogP contribution in [0, 0.1) is 18.2 Å². The third-order valence-corrected chi connectivity index (χ3v) is 4.71. The molecule has 1 aromatic heterocycles. The molecule has 0 radical (unpaired) electrons. The summed E-state index contributed by atoms with van der Waals surface area (Å²) in [4.78, 5) is 15.8. The summed E-state index contributed by atoms with van der Waals surface area (Å²) in [5.74, 6) is 0.540. The molecule has 0 saturated carbocycles. The second-order valence-corrected chi connectivity index (χ2v) is 6.80. The Labute approximate surface area is 173 Å². The van der Waals surface area contributed by atoms with Gasteiger partial charge in [0.25, 0.3) is 5.91 Å². The molecular formula is C21H12ClF5N2O. The Morgan fingerprint density at radius 2 is 1.90 bits per heavy atom. The number of anilines is 1. The molecule has 0 aliphatic heterocycles. The minimum atomic E-state index is -4.70. The Morgan fingerprint density at radius 3 is 2.50 bits per heavy atom. The second kappa shape index (κ2) is 7.92. The Balaban J connectivity index is 1.94. The van der Waals surface area contributed by atoms with Crippen LogP contribution in [0.5, 0.6) is 0 Å². The van der Waals surface area contributed by atoms with Crippen molar-refractivity contribution in [1.82, 2.24) is 4.98 Å². The third kappa shape index (κ3) is 4.36. The number of amides is 1. The standard InChI is InChI=1S/C21H12ClF5N2O/c1-2-20(24)11-15(17(22)10-16(20)12-3-5-13(23)6-4-12)19(30)29-14-7-8-28-18(9-14)21(25,26)27/h1,3-10H,11H2,(H,28,29,30). The Kier molecular flexibility index (Phi) is 5.68. The van der Waals surface area contributed by atoms with Crippen LogP contribution in [0.2, 0.25) is 0 Å². The number of hydrogen-bond donors (Lipinski definition) is 1. The zero-order valence-corrected chi connectivity index (χ0v) is 15.8. The van der Waals surface area contributed by atoms with Gasteiger partial charge < -0.3 is 5.32 Å². The number of aromatic nitrogens is 1. The first-order valence-corrected chi connectivity index (χ1v) is 8.79. The van der Waals surface area contributed by atoms with Crippen LogP contribution in [0.4, 0.5) is 27.6 Å². The fourth-order valence-electron chi connectivity index (χ4n) is 2.88. The van der Waals surface area contributed by atoms with Crippen molar-refractivity contribution in [3.8, 4) is 12.3 Å². The van der Waals surface area contributed by atoms with Gasteiger partial charge in [-0.15, -0.1) is 6.42 Å². The highest BCUT2D eigenvalue weighted by Crippen LogP contribution is 2.42. The van der Waals surface area contributed by atoms with Gasteiger partial charge in [0.05, 0.1) is 0 Å². The second-order valence-electron chi connectivity index (χ2n) is 6.40. The van der Waals surface area contributed by atoms with Gasteiger partial charge >= 0.3 is 6.18 Å². The number of terminal acetylenes is 1. The molecule has 3 nitrogen and oxygen atoms in total. The van der Waals surface area contributed by atoms with E-state index in [1.165, 1.54) is 12.1 Å². The molecule has 30 heavy (non-hydrogen) atoms. The van der Waals surface area contributed by atoms with Crippen LogP contribution in [0.3, 0.4) is 0 Å². The Hall–Kier alpha value is -3.18. The maximum absolute atomic E-state index is 15.5. The van der Waals surface area contributed by atoms with Crippen molar-refractivity contribution in [2.24, 2.45) is 0 Å². The highest BCUT2D eigenvalue weighted by Gasteiger charge is 2.40. The van der Waals surface area contributed by atoms with Gasteiger partial charge in [-0.05, 0) is 35.9 Å². The van der Waals surface area contributed by atoms with Gasteiger partial charge in [-0.1, -0.05) is 29.7 Å². The van der Waals surface area contributed by atoms with Crippen molar-refractivity contribution in [2.75, 3.05) is 5.32 Å². The molecular weight excluding hydrogens is 427 g/mol. The zero-order chi connectivity index (χ0) is 22.1. The molecule has 3 rings (SSSR count). The molecule has 1 aromatic carbocycles. The van der Waals surface area contributed by atoms with E-state index >= 15 is 4.39 Å². The monoisotopic (exact) mass is 438 g/mol. The van der Waals surface area contributed by atoms with E-state index in [1.54, 1.807) is 0 Å². The molecule has 9 heteroatoms. The van der Waals surface area contributed by atoms with Crippen LogP contribution in [-0.2, 0) is 11.0 Å². The van der Waals surface area contributed by atoms with Gasteiger partial charge in [0.2, 0.25) is 5.67 Å². The summed E-state index contributed by atoms with van der Waals surface area (Å²) in [6.45, 7) is 0. The molecule has 1 amide bonds. The molecule has 1 N–H and O–H groups in total. The lowest BCUT2D eigenvalue weighted by atomic mass is 9.81. The number of benzene rings is 1. The van der Waals surface area contributed by atoms with E-state index in [1.807, 2.05) is 5.92 Å². The fourth-order valence-corrected chi connectivity index (χ4v) is 3.14. The summed E-state index contributed by atoms with van der Waals surface area (Å²) >= 11 is 6.15. The topological polar surface area (TPSA) is 42.0 Å². The molecule has 1 atom stereocenters. The van der Waals surface area contributed by atoms with E-state index in [9.17, 15) is 22.4 Å². The van der Waals surface area contributed by atoms with Crippen molar-refractivity contribution < 1.29 is 26.7 Å². The Bertz CT molecular complexity index is 1100. The minimum Gasteiger partial charge on any atom is -0.322 e. The van der Waals surface area contributed by atoms with E-state index in [-0.39, 0.29) is 27.4 Å². The predicted octanol–water partition coefficient (Wildman–Crippen LogP) is 5.50. The molecule has 0 spiro atoms. The maximum Gasteiger partial charge on any atom is 0.433 e. The van der Waals surface area contributed by atoms with Crippen LogP contribution in [0.15, 0.2) is 59.3 Å². The number of alkyl halides is 4. The van der Waals surface area contributed by atoms with E-state index < -0.39 is 35.7 Å². The van der Waals surface area contributed by atoms with Gasteiger partial charge in [0.1, 0.15) is 11.5 Å². The summed E-state index contributed by atoms with van der Waals surface area (Å²) in [5.41, 5.74) is -3.83. The zero-order valence-electron chi connectivity index (χ0n) is 15.0. The first-order valence-electron chi connectivity index (χ1n) is 8.41. The van der Waals surface area contributed by atoms with Gasteiger partial charge in [0, 0.05) is 34.5 Å². The van der Waals surface area contributed by atoms with Gasteiger partial charge in [-0.25, -0.2) is 8.78 Å². The first kappa shape index (κ1) is 21.5. The number of carbonyl (C=O) groups excluding carboxylic acids is 1. The van der Waals surface area contributed by atoms with Crippen molar-refractivity contribution in [3.63, 3.8) is 0 Å². The Morgan fingerprint density at radius 1 is 1.23 bits per heavy atom. The van der Waals surface area contributed by atoms with Crippen LogP contribution in [0.25, 0.3) is 5.57 Å². The molecule has 0 fully saturated rings. The fraction of sp³-hybridized carbons (Fsp3) is 0.143. The molecule has 0 saturated heterocycles. The van der Waals surface area contributed by atoms with Gasteiger partial charge in [0.15, 0.2) is 0 Å². The lowest BCUT2D eigenvalue weighted by Crippen LogP contribution is -2.30. The van der Waals surface area contributed by atoms with Crippen LogP contribution in [-0.4, -0.2) is 16.6 Å². The molecule has 2 aromatic rings. The number of nitrogens with one attached hydrogen (secondary N) is 1. The molecule has 1 unspecified atom stereocenters.